The molecule has 0 radical (unpaired) electrons. The Kier molecular flexibility index (Phi) is 11.9. The van der Waals surface area contributed by atoms with Crippen LogP contribution in [0.15, 0.2) is 42.0 Å². The Hall–Kier alpha value is -2.36. The van der Waals surface area contributed by atoms with E-state index in [0.29, 0.717) is 12.2 Å². The van der Waals surface area contributed by atoms with Gasteiger partial charge in [-0.15, -0.1) is 0 Å². The molecule has 0 bridgehead atoms. The molecule has 0 spiro atoms. The smallest absolute Gasteiger partial charge is 0.337 e. The molecule has 0 amide bonds. The minimum absolute atomic E-state index is 0.206. The first-order chi connectivity index (χ1) is 11.2. The molecule has 0 atom stereocenters. The predicted octanol–water partition coefficient (Wildman–Crippen LogP) is 4.29. The Balaban J connectivity index is 0.00000232. The summed E-state index contributed by atoms with van der Waals surface area (Å²) >= 11 is 0. The highest BCUT2D eigenvalue weighted by Gasteiger charge is 2.06. The van der Waals surface area contributed by atoms with E-state index < -0.39 is 0 Å². The average Bonchev–Trinajstić information content (AvgIpc) is 2.57. The minimum Gasteiger partial charge on any atom is -0.508 e. The molecule has 4 nitrogen and oxygen atoms in total. The first kappa shape index (κ1) is 20.6. The zero-order chi connectivity index (χ0) is 17.5. The third-order valence-electron chi connectivity index (χ3n) is 3.10. The maximum absolute atomic E-state index is 11.9. The van der Waals surface area contributed by atoms with Gasteiger partial charge in [0, 0.05) is 0 Å². The van der Waals surface area contributed by atoms with E-state index in [1.54, 1.807) is 43.4 Å². The number of hydrogen-bond acceptors (Lipinski definition) is 4. The highest BCUT2D eigenvalue weighted by molar-refractivity contribution is 5.92. The molecule has 23 heavy (non-hydrogen) atoms. The number of rotatable bonds is 8. The molecule has 0 fully saturated rings. The molecule has 0 saturated heterocycles. The van der Waals surface area contributed by atoms with E-state index in [-0.39, 0.29) is 11.7 Å². The van der Waals surface area contributed by atoms with Gasteiger partial charge in [-0.1, -0.05) is 50.5 Å². The zero-order valence-electron chi connectivity index (χ0n) is 14.0. The van der Waals surface area contributed by atoms with E-state index in [9.17, 15) is 9.90 Å². The lowest BCUT2D eigenvalue weighted by molar-refractivity contribution is -0.138. The number of esters is 1. The number of aromatic hydroxyl groups is 1. The second-order valence-electron chi connectivity index (χ2n) is 4.87. The molecule has 0 aliphatic rings. The Morgan fingerprint density at radius 1 is 1.26 bits per heavy atom. The Bertz CT molecular complexity index is 518. The van der Waals surface area contributed by atoms with Crippen LogP contribution < -0.4 is 0 Å². The predicted molar refractivity (Wildman–Crippen MR) is 93.1 cm³/mol. The van der Waals surface area contributed by atoms with Gasteiger partial charge in [-0.3, -0.25) is 0 Å². The number of benzene rings is 1. The van der Waals surface area contributed by atoms with E-state index in [1.807, 2.05) is 12.9 Å². The van der Waals surface area contributed by atoms with Gasteiger partial charge in [0.1, 0.15) is 12.5 Å². The number of unbranched alkanes of at least 4 members (excludes halogenated alkanes) is 3. The molecule has 4 heteroatoms. The van der Waals surface area contributed by atoms with Crippen molar-refractivity contribution in [1.82, 2.24) is 0 Å². The fourth-order valence-corrected chi connectivity index (χ4v) is 1.87. The second-order valence-corrected chi connectivity index (χ2v) is 4.87. The van der Waals surface area contributed by atoms with Crippen molar-refractivity contribution in [2.45, 2.75) is 39.5 Å². The van der Waals surface area contributed by atoms with Crippen LogP contribution in [-0.4, -0.2) is 24.5 Å². The van der Waals surface area contributed by atoms with E-state index in [1.165, 1.54) is 12.8 Å². The first-order valence-corrected chi connectivity index (χ1v) is 7.76. The average molecular weight is 318 g/mol. The lowest BCUT2D eigenvalue weighted by atomic mass is 10.1. The molecule has 0 unspecified atom stereocenters. The molecule has 1 aromatic rings. The number of carbonyl (C=O) groups is 2. The van der Waals surface area contributed by atoms with Gasteiger partial charge in [0.2, 0.25) is 0 Å². The van der Waals surface area contributed by atoms with Gasteiger partial charge >= 0.3 is 5.97 Å². The van der Waals surface area contributed by atoms with Crippen LogP contribution in [0.3, 0.4) is 0 Å². The van der Waals surface area contributed by atoms with Crippen molar-refractivity contribution in [3.8, 4) is 5.75 Å². The van der Waals surface area contributed by atoms with Crippen molar-refractivity contribution in [1.29, 1.82) is 0 Å². The van der Waals surface area contributed by atoms with Crippen LogP contribution in [0, 0.1) is 0 Å². The van der Waals surface area contributed by atoms with Crippen LogP contribution in [0.1, 0.15) is 45.1 Å². The minimum atomic E-state index is -0.301. The van der Waals surface area contributed by atoms with Gasteiger partial charge in [0.05, 0.1) is 12.2 Å². The topological polar surface area (TPSA) is 63.6 Å². The third-order valence-corrected chi connectivity index (χ3v) is 3.10. The summed E-state index contributed by atoms with van der Waals surface area (Å²) in [5.41, 5.74) is 1.36. The molecule has 0 aromatic heterocycles. The number of phenols is 1. The fourth-order valence-electron chi connectivity index (χ4n) is 1.87. The summed E-state index contributed by atoms with van der Waals surface area (Å²) in [5.74, 6) is -0.0944. The van der Waals surface area contributed by atoms with Gasteiger partial charge in [-0.05, 0) is 37.1 Å². The summed E-state index contributed by atoms with van der Waals surface area (Å²) < 4.78 is 5.25. The van der Waals surface area contributed by atoms with Crippen molar-refractivity contribution in [3.63, 3.8) is 0 Å². The fraction of sp³-hybridized carbons (Fsp3) is 0.368. The van der Waals surface area contributed by atoms with Crippen molar-refractivity contribution >= 4 is 18.8 Å². The number of carbonyl (C=O) groups excluding carboxylic acids is 2. The largest absolute Gasteiger partial charge is 0.508 e. The van der Waals surface area contributed by atoms with Crippen LogP contribution in [-0.2, 0) is 14.3 Å². The molecule has 126 valence electrons. The quantitative estimate of drug-likeness (QED) is 0.336. The SMILES string of the molecule is C/C=C(\C=C/c1cccc(O)c1)C(=O)OCCCCCC.C=O. The summed E-state index contributed by atoms with van der Waals surface area (Å²) in [6.45, 7) is 6.42. The molecule has 1 rings (SSSR count). The summed E-state index contributed by atoms with van der Waals surface area (Å²) in [6.07, 6.45) is 9.57. The van der Waals surface area contributed by atoms with Gasteiger partial charge in [0.25, 0.3) is 0 Å². The zero-order valence-corrected chi connectivity index (χ0v) is 14.0. The maximum Gasteiger partial charge on any atom is 0.337 e. The van der Waals surface area contributed by atoms with Gasteiger partial charge in [-0.25, -0.2) is 4.79 Å². The molecule has 0 saturated carbocycles. The lowest BCUT2D eigenvalue weighted by Gasteiger charge is -2.05. The summed E-state index contributed by atoms with van der Waals surface area (Å²) in [5, 5.41) is 9.39. The number of allylic oxidation sites excluding steroid dienone is 1. The van der Waals surface area contributed by atoms with Crippen LogP contribution in [0.5, 0.6) is 5.75 Å². The maximum atomic E-state index is 11.9. The standard InChI is InChI=1S/C18H24O3.CH2O/c1-3-5-6-7-13-21-18(20)16(4-2)12-11-15-9-8-10-17(19)14-15;1-2/h4,8-12,14,19H,3,5-7,13H2,1-2H3;1H2/b12-11-,16-4+;. The molecule has 0 aliphatic heterocycles. The van der Waals surface area contributed by atoms with E-state index >= 15 is 0 Å². The summed E-state index contributed by atoms with van der Waals surface area (Å²) in [7, 11) is 0. The van der Waals surface area contributed by atoms with Crippen molar-refractivity contribution in [3.05, 3.63) is 47.6 Å². The van der Waals surface area contributed by atoms with Crippen molar-refractivity contribution in [2.24, 2.45) is 0 Å². The van der Waals surface area contributed by atoms with Crippen LogP contribution in [0.4, 0.5) is 0 Å². The Morgan fingerprint density at radius 3 is 2.61 bits per heavy atom. The molecular formula is C19H26O4. The highest BCUT2D eigenvalue weighted by atomic mass is 16.5. The Morgan fingerprint density at radius 2 is 2.00 bits per heavy atom. The molecular weight excluding hydrogens is 292 g/mol. The Labute approximate surface area is 138 Å². The van der Waals surface area contributed by atoms with Crippen molar-refractivity contribution in [2.75, 3.05) is 6.61 Å². The van der Waals surface area contributed by atoms with Gasteiger partial charge in [-0.2, -0.15) is 0 Å². The third kappa shape index (κ3) is 9.30. The number of ether oxygens (including phenoxy) is 1. The first-order valence-electron chi connectivity index (χ1n) is 7.76. The summed E-state index contributed by atoms with van der Waals surface area (Å²) in [4.78, 5) is 19.9. The second kappa shape index (κ2) is 13.3. The van der Waals surface area contributed by atoms with Crippen LogP contribution in [0.2, 0.25) is 0 Å². The van der Waals surface area contributed by atoms with E-state index in [4.69, 9.17) is 9.53 Å². The molecule has 0 aliphatic carbocycles. The van der Waals surface area contributed by atoms with Crippen LogP contribution in [0.25, 0.3) is 6.08 Å². The molecule has 1 aromatic carbocycles. The van der Waals surface area contributed by atoms with Gasteiger partial charge in [0.15, 0.2) is 0 Å². The lowest BCUT2D eigenvalue weighted by Crippen LogP contribution is -2.07. The molecule has 1 N–H and O–H groups in total. The normalized spacial score (nSPS) is 11.0. The van der Waals surface area contributed by atoms with E-state index in [0.717, 1.165) is 18.4 Å². The number of hydrogen-bond donors (Lipinski definition) is 1. The monoisotopic (exact) mass is 318 g/mol. The molecule has 0 heterocycles. The highest BCUT2D eigenvalue weighted by Crippen LogP contribution is 2.13. The van der Waals surface area contributed by atoms with E-state index in [2.05, 4.69) is 6.92 Å². The van der Waals surface area contributed by atoms with Crippen LogP contribution >= 0.6 is 0 Å². The van der Waals surface area contributed by atoms with Crippen molar-refractivity contribution < 1.29 is 19.4 Å². The van der Waals surface area contributed by atoms with Gasteiger partial charge < -0.3 is 14.6 Å². The number of phenolic OH excluding ortho intramolecular Hbond substituents is 1. The summed E-state index contributed by atoms with van der Waals surface area (Å²) in [6, 6.07) is 6.87.